The first-order valence-electron chi connectivity index (χ1n) is 9.72. The van der Waals surface area contributed by atoms with Crippen molar-refractivity contribution >= 4 is 21.6 Å². The van der Waals surface area contributed by atoms with Gasteiger partial charge in [0.2, 0.25) is 15.9 Å². The molecule has 0 atom stereocenters. The van der Waals surface area contributed by atoms with Gasteiger partial charge in [-0.2, -0.15) is 4.31 Å². The van der Waals surface area contributed by atoms with Crippen molar-refractivity contribution in [3.8, 4) is 11.5 Å². The first kappa shape index (κ1) is 22.0. The van der Waals surface area contributed by atoms with Crippen molar-refractivity contribution < 1.29 is 27.1 Å². The summed E-state index contributed by atoms with van der Waals surface area (Å²) in [6.45, 7) is 2.80. The van der Waals surface area contributed by atoms with E-state index in [1.54, 1.807) is 24.3 Å². The lowest BCUT2D eigenvalue weighted by Gasteiger charge is -2.30. The second-order valence-corrected chi connectivity index (χ2v) is 8.83. The van der Waals surface area contributed by atoms with Crippen LogP contribution in [0.1, 0.15) is 19.8 Å². The zero-order valence-corrected chi connectivity index (χ0v) is 17.7. The second kappa shape index (κ2) is 9.44. The van der Waals surface area contributed by atoms with E-state index in [0.29, 0.717) is 25.1 Å². The number of nitrogens with zero attached hydrogens (tertiary/aromatic N) is 1. The average molecular weight is 437 g/mol. The summed E-state index contributed by atoms with van der Waals surface area (Å²) in [4.78, 5) is 12.4. The zero-order valence-electron chi connectivity index (χ0n) is 16.9. The number of hydrogen-bond acceptors (Lipinski definition) is 5. The van der Waals surface area contributed by atoms with Crippen molar-refractivity contribution in [2.45, 2.75) is 24.7 Å². The van der Waals surface area contributed by atoms with E-state index < -0.39 is 15.8 Å². The number of carbonyl (C=O) groups is 1. The molecule has 0 aromatic heterocycles. The molecule has 0 aliphatic carbocycles. The molecule has 9 heteroatoms. The number of methoxy groups -OCH3 is 1. The monoisotopic (exact) mass is 436 g/mol. The number of benzene rings is 2. The van der Waals surface area contributed by atoms with Crippen LogP contribution in [-0.2, 0) is 14.8 Å². The lowest BCUT2D eigenvalue weighted by molar-refractivity contribution is -0.120. The molecule has 1 aliphatic rings. The summed E-state index contributed by atoms with van der Waals surface area (Å²) in [6, 6.07) is 10.5. The van der Waals surface area contributed by atoms with Gasteiger partial charge in [0.25, 0.3) is 0 Å². The molecule has 1 fully saturated rings. The third-order valence-corrected chi connectivity index (χ3v) is 6.92. The summed E-state index contributed by atoms with van der Waals surface area (Å²) in [5.74, 6) is -0.301. The molecule has 1 aliphatic heterocycles. The van der Waals surface area contributed by atoms with Crippen molar-refractivity contribution in [1.29, 1.82) is 0 Å². The summed E-state index contributed by atoms with van der Waals surface area (Å²) in [5.41, 5.74) is 0.656. The van der Waals surface area contributed by atoms with E-state index in [-0.39, 0.29) is 35.6 Å². The van der Waals surface area contributed by atoms with Gasteiger partial charge >= 0.3 is 0 Å². The largest absolute Gasteiger partial charge is 0.495 e. The second-order valence-electron chi connectivity index (χ2n) is 6.92. The number of carbonyl (C=O) groups excluding carboxylic acids is 1. The van der Waals surface area contributed by atoms with Crippen molar-refractivity contribution in [3.63, 3.8) is 0 Å². The quantitative estimate of drug-likeness (QED) is 0.720. The van der Waals surface area contributed by atoms with Crippen LogP contribution in [0.4, 0.5) is 10.1 Å². The third kappa shape index (κ3) is 4.91. The lowest BCUT2D eigenvalue weighted by Crippen LogP contribution is -2.41. The number of hydrogen-bond donors (Lipinski definition) is 1. The van der Waals surface area contributed by atoms with Gasteiger partial charge in [0.15, 0.2) is 0 Å². The normalized spacial score (nSPS) is 15.6. The number of piperidine rings is 1. The Morgan fingerprint density at radius 1 is 1.17 bits per heavy atom. The SMILES string of the molecule is CCOc1ccc(NC(=O)C2CCN(S(=O)(=O)c3cc(F)ccc3OC)CC2)cc1. The van der Waals surface area contributed by atoms with Gasteiger partial charge in [0, 0.05) is 24.7 Å². The van der Waals surface area contributed by atoms with Gasteiger partial charge < -0.3 is 14.8 Å². The van der Waals surface area contributed by atoms with Gasteiger partial charge in [0.1, 0.15) is 22.2 Å². The number of rotatable bonds is 7. The number of halogens is 1. The Morgan fingerprint density at radius 3 is 2.43 bits per heavy atom. The van der Waals surface area contributed by atoms with Crippen molar-refractivity contribution in [2.75, 3.05) is 32.1 Å². The van der Waals surface area contributed by atoms with Crippen LogP contribution in [-0.4, -0.2) is 45.4 Å². The van der Waals surface area contributed by atoms with Gasteiger partial charge in [-0.05, 0) is 62.2 Å². The highest BCUT2D eigenvalue weighted by Crippen LogP contribution is 2.30. The molecule has 0 unspecified atom stereocenters. The van der Waals surface area contributed by atoms with E-state index in [1.165, 1.54) is 17.5 Å². The molecule has 162 valence electrons. The Labute approximate surface area is 175 Å². The van der Waals surface area contributed by atoms with Gasteiger partial charge in [-0.3, -0.25) is 4.79 Å². The van der Waals surface area contributed by atoms with Gasteiger partial charge in [-0.15, -0.1) is 0 Å². The summed E-state index contributed by atoms with van der Waals surface area (Å²) in [6.07, 6.45) is 0.749. The number of ether oxygens (including phenoxy) is 2. The van der Waals surface area contributed by atoms with E-state index in [4.69, 9.17) is 9.47 Å². The lowest BCUT2D eigenvalue weighted by atomic mass is 9.97. The van der Waals surface area contributed by atoms with Crippen LogP contribution in [0.2, 0.25) is 0 Å². The number of anilines is 1. The Morgan fingerprint density at radius 2 is 1.83 bits per heavy atom. The van der Waals surface area contributed by atoms with Crippen LogP contribution < -0.4 is 14.8 Å². The first-order chi connectivity index (χ1) is 14.3. The van der Waals surface area contributed by atoms with Crippen molar-refractivity contribution in [1.82, 2.24) is 4.31 Å². The molecule has 3 rings (SSSR count). The summed E-state index contributed by atoms with van der Waals surface area (Å²) < 4.78 is 51.2. The van der Waals surface area contributed by atoms with Gasteiger partial charge in [0.05, 0.1) is 13.7 Å². The van der Waals surface area contributed by atoms with Crippen LogP contribution in [0.5, 0.6) is 11.5 Å². The predicted molar refractivity (Wildman–Crippen MR) is 111 cm³/mol. The van der Waals surface area contributed by atoms with E-state index in [9.17, 15) is 17.6 Å². The molecule has 1 heterocycles. The van der Waals surface area contributed by atoms with Crippen LogP contribution in [0.15, 0.2) is 47.4 Å². The molecule has 0 spiro atoms. The van der Waals surface area contributed by atoms with Crippen LogP contribution in [0, 0.1) is 11.7 Å². The molecule has 1 N–H and O–H groups in total. The summed E-state index contributed by atoms with van der Waals surface area (Å²) in [7, 11) is -2.59. The molecule has 1 amide bonds. The molecule has 1 saturated heterocycles. The maximum absolute atomic E-state index is 13.6. The molecule has 2 aromatic carbocycles. The highest BCUT2D eigenvalue weighted by molar-refractivity contribution is 7.89. The average Bonchev–Trinajstić information content (AvgIpc) is 2.75. The van der Waals surface area contributed by atoms with Gasteiger partial charge in [-0.25, -0.2) is 12.8 Å². The maximum atomic E-state index is 13.6. The zero-order chi connectivity index (χ0) is 21.7. The van der Waals surface area contributed by atoms with Crippen LogP contribution in [0.3, 0.4) is 0 Å². The van der Waals surface area contributed by atoms with Crippen LogP contribution in [0.25, 0.3) is 0 Å². The highest BCUT2D eigenvalue weighted by Gasteiger charge is 2.34. The molecule has 2 aromatic rings. The Balaban J connectivity index is 1.62. The molecular formula is C21H25FN2O5S. The molecule has 30 heavy (non-hydrogen) atoms. The Bertz CT molecular complexity index is 987. The van der Waals surface area contributed by atoms with E-state index >= 15 is 0 Å². The molecule has 0 radical (unpaired) electrons. The topological polar surface area (TPSA) is 84.9 Å². The van der Waals surface area contributed by atoms with Crippen LogP contribution >= 0.6 is 0 Å². The van der Waals surface area contributed by atoms with Crippen molar-refractivity contribution in [2.24, 2.45) is 5.92 Å². The van der Waals surface area contributed by atoms with Gasteiger partial charge in [-0.1, -0.05) is 0 Å². The Kier molecular flexibility index (Phi) is 6.94. The minimum absolute atomic E-state index is 0.0896. The smallest absolute Gasteiger partial charge is 0.246 e. The van der Waals surface area contributed by atoms with E-state index in [0.717, 1.165) is 17.9 Å². The van der Waals surface area contributed by atoms with E-state index in [1.807, 2.05) is 6.92 Å². The Hall–Kier alpha value is -2.65. The fourth-order valence-electron chi connectivity index (χ4n) is 3.40. The number of nitrogens with one attached hydrogen (secondary N) is 1. The molecule has 0 bridgehead atoms. The fourth-order valence-corrected chi connectivity index (χ4v) is 5.03. The molecule has 7 nitrogen and oxygen atoms in total. The number of sulfonamides is 1. The van der Waals surface area contributed by atoms with Crippen molar-refractivity contribution in [3.05, 3.63) is 48.3 Å². The van der Waals surface area contributed by atoms with E-state index in [2.05, 4.69) is 5.32 Å². The molecular weight excluding hydrogens is 411 g/mol. The molecule has 0 saturated carbocycles. The minimum atomic E-state index is -3.92. The maximum Gasteiger partial charge on any atom is 0.246 e. The third-order valence-electron chi connectivity index (χ3n) is 5.00. The fraction of sp³-hybridized carbons (Fsp3) is 0.381. The standard InChI is InChI=1S/C21H25FN2O5S/c1-3-29-18-7-5-17(6-8-18)23-21(25)15-10-12-24(13-11-15)30(26,27)20-14-16(22)4-9-19(20)28-2/h4-9,14-15H,3,10-13H2,1-2H3,(H,23,25). The highest BCUT2D eigenvalue weighted by atomic mass is 32.2. The minimum Gasteiger partial charge on any atom is -0.495 e. The predicted octanol–water partition coefficient (Wildman–Crippen LogP) is 3.27. The number of amides is 1. The summed E-state index contributed by atoms with van der Waals surface area (Å²) in [5, 5.41) is 2.86. The first-order valence-corrected chi connectivity index (χ1v) is 11.2. The summed E-state index contributed by atoms with van der Waals surface area (Å²) >= 11 is 0.